The Balaban J connectivity index is 2.21. The molecule has 0 saturated heterocycles. The molecule has 3 rings (SSSR count). The van der Waals surface area contributed by atoms with Crippen molar-refractivity contribution < 1.29 is 0 Å². The predicted molar refractivity (Wildman–Crippen MR) is 121 cm³/mol. The molecule has 1 heterocycles. The number of hydrogen-bond donors (Lipinski definition) is 1. The number of nitrogens with one attached hydrogen (secondary N) is 1. The Kier molecular flexibility index (Phi) is 6.05. The first-order valence-electron chi connectivity index (χ1n) is 6.83. The zero-order valence-corrected chi connectivity index (χ0v) is 21.4. The molecule has 0 bridgehead atoms. The van der Waals surface area contributed by atoms with Crippen LogP contribution in [-0.4, -0.2) is 14.3 Å². The number of aromatic amines is 1. The van der Waals surface area contributed by atoms with E-state index in [1.165, 1.54) is 0 Å². The van der Waals surface area contributed by atoms with Crippen LogP contribution in [0.3, 0.4) is 0 Å². The van der Waals surface area contributed by atoms with Gasteiger partial charge in [0.15, 0.2) is 0 Å². The van der Waals surface area contributed by atoms with Gasteiger partial charge in [-0.3, -0.25) is 0 Å². The van der Waals surface area contributed by atoms with Crippen LogP contribution in [0.15, 0.2) is 62.4 Å². The average Bonchev–Trinajstić information content (AvgIpc) is 3.00. The molecule has 0 fully saturated rings. The highest BCUT2D eigenvalue weighted by molar-refractivity contribution is 9.25. The van der Waals surface area contributed by atoms with E-state index in [-0.39, 0.29) is 5.92 Å². The van der Waals surface area contributed by atoms with E-state index >= 15 is 0 Å². The zero-order valence-electron chi connectivity index (χ0n) is 11.9. The van der Waals surface area contributed by atoms with Crippen molar-refractivity contribution in [2.24, 2.45) is 0 Å². The summed E-state index contributed by atoms with van der Waals surface area (Å²) in [4.78, 5) is 7.43. The fraction of sp³-hybridized carbons (Fsp3) is 0.188. The lowest BCUT2D eigenvalue weighted by Gasteiger charge is -2.45. The van der Waals surface area contributed by atoms with Crippen LogP contribution in [0.4, 0.5) is 0 Å². The molecule has 2 unspecified atom stereocenters. The summed E-state index contributed by atoms with van der Waals surface area (Å²) in [6, 6.07) is 8.13. The number of allylic oxidation sites excluding steroid dienone is 4. The van der Waals surface area contributed by atoms with E-state index < -0.39 is 7.56 Å². The molecule has 24 heavy (non-hydrogen) atoms. The minimum absolute atomic E-state index is 0.0212. The van der Waals surface area contributed by atoms with Gasteiger partial charge in [0.25, 0.3) is 0 Å². The smallest absolute Gasteiger partial charge is 0.126 e. The number of rotatable bonds is 3. The normalized spacial score (nSPS) is 24.5. The van der Waals surface area contributed by atoms with Gasteiger partial charge in [0.2, 0.25) is 0 Å². The fourth-order valence-electron chi connectivity index (χ4n) is 2.73. The number of imidazole rings is 1. The van der Waals surface area contributed by atoms with Crippen molar-refractivity contribution in [2.45, 2.75) is 13.5 Å². The van der Waals surface area contributed by atoms with Crippen LogP contribution in [0.25, 0.3) is 0 Å². The fourth-order valence-corrected chi connectivity index (χ4v) is 8.56. The lowest BCUT2D eigenvalue weighted by atomic mass is 9.81. The first-order valence-corrected chi connectivity index (χ1v) is 11.6. The quantitative estimate of drug-likeness (QED) is 0.327. The van der Waals surface area contributed by atoms with E-state index in [2.05, 4.69) is 124 Å². The van der Waals surface area contributed by atoms with Gasteiger partial charge >= 0.3 is 0 Å². The predicted octanol–water partition coefficient (Wildman–Crippen LogP) is 7.60. The van der Waals surface area contributed by atoms with Gasteiger partial charge in [-0.2, -0.15) is 0 Å². The second kappa shape index (κ2) is 7.43. The largest absolute Gasteiger partial charge is 0.348 e. The van der Waals surface area contributed by atoms with Crippen molar-refractivity contribution in [1.82, 2.24) is 9.97 Å². The molecule has 0 radical (unpaired) electrons. The molecular weight excluding hydrogens is 700 g/mol. The summed E-state index contributed by atoms with van der Waals surface area (Å²) in [5.41, 5.74) is 2.08. The van der Waals surface area contributed by atoms with Crippen LogP contribution in [-0.2, 0) is 3.23 Å². The number of alkyl halides is 3. The third kappa shape index (κ3) is 3.36. The molecule has 1 N–H and O–H groups in total. The Bertz CT molecular complexity index is 812. The van der Waals surface area contributed by atoms with Gasteiger partial charge < -0.3 is 4.98 Å². The van der Waals surface area contributed by atoms with E-state index in [4.69, 9.17) is 0 Å². The number of H-pyrrole nitrogens is 1. The second-order valence-electron chi connectivity index (χ2n) is 5.32. The van der Waals surface area contributed by atoms with Crippen molar-refractivity contribution in [3.8, 4) is 0 Å². The van der Waals surface area contributed by atoms with Crippen LogP contribution in [0.2, 0.25) is 0 Å². The van der Waals surface area contributed by atoms with Crippen molar-refractivity contribution in [3.63, 3.8) is 0 Å². The maximum atomic E-state index is 4.19. The zero-order chi connectivity index (χ0) is 17.5. The Labute approximate surface area is 190 Å². The van der Waals surface area contributed by atoms with Crippen molar-refractivity contribution in [3.05, 3.63) is 73.6 Å². The third-order valence-corrected chi connectivity index (χ3v) is 10.2. The molecule has 1 aromatic heterocycles. The summed E-state index contributed by atoms with van der Waals surface area (Å²) in [6.45, 7) is 0. The van der Waals surface area contributed by atoms with E-state index in [1.54, 1.807) is 6.33 Å². The van der Waals surface area contributed by atoms with Crippen LogP contribution < -0.4 is 0 Å². The molecule has 2 atom stereocenters. The summed E-state index contributed by atoms with van der Waals surface area (Å²) in [7, 11) is 0. The molecule has 2 nitrogen and oxygen atoms in total. The highest BCUT2D eigenvalue weighted by Gasteiger charge is 2.55. The summed E-state index contributed by atoms with van der Waals surface area (Å²) >= 11 is 22.9. The molecule has 0 saturated carbocycles. The molecule has 1 aromatic carbocycles. The lowest BCUT2D eigenvalue weighted by molar-refractivity contribution is 0.594. The number of hydrogen-bond acceptors (Lipinski definition) is 1. The minimum atomic E-state index is -0.588. The third-order valence-electron chi connectivity index (χ3n) is 3.84. The van der Waals surface area contributed by atoms with Gasteiger partial charge in [0.05, 0.1) is 16.6 Å². The highest BCUT2D eigenvalue weighted by atomic mass is 79.9. The number of benzene rings is 1. The molecule has 1 aliphatic carbocycles. The van der Waals surface area contributed by atoms with Gasteiger partial charge in [-0.25, -0.2) is 4.98 Å². The average molecular weight is 710 g/mol. The summed E-state index contributed by atoms with van der Waals surface area (Å²) in [6.07, 6.45) is 7.74. The molecule has 1 aliphatic rings. The number of halogens is 6. The van der Waals surface area contributed by atoms with E-state index in [0.717, 1.165) is 24.7 Å². The minimum Gasteiger partial charge on any atom is -0.348 e. The van der Waals surface area contributed by atoms with Crippen molar-refractivity contribution in [1.29, 1.82) is 0 Å². The number of aromatic nitrogens is 2. The highest BCUT2D eigenvalue weighted by Crippen LogP contribution is 2.63. The second-order valence-corrected chi connectivity index (χ2v) is 12.8. The first-order chi connectivity index (χ1) is 11.3. The number of nitrogens with zero attached hydrogens (tertiary/aromatic N) is 1. The van der Waals surface area contributed by atoms with E-state index in [9.17, 15) is 0 Å². The Morgan fingerprint density at radius 1 is 1.12 bits per heavy atom. The van der Waals surface area contributed by atoms with Gasteiger partial charge in [-0.15, -0.1) is 0 Å². The topological polar surface area (TPSA) is 28.7 Å². The molecule has 8 heteroatoms. The van der Waals surface area contributed by atoms with E-state index in [1.807, 2.05) is 24.4 Å². The maximum absolute atomic E-state index is 4.19. The Morgan fingerprint density at radius 3 is 2.46 bits per heavy atom. The van der Waals surface area contributed by atoms with Gasteiger partial charge in [-0.05, 0) is 23.8 Å². The standard InChI is InChI=1S/C16H10Br6N2/c17-9-5-12(19)14(13-7-23-8-24-13)15(20,6-9)16(21,22)10-3-1-2-4-11(10)18/h1-8,14H,(H,23,24). The first kappa shape index (κ1) is 19.5. The van der Waals surface area contributed by atoms with Gasteiger partial charge in [0, 0.05) is 25.3 Å². The van der Waals surface area contributed by atoms with Gasteiger partial charge in [0.1, 0.15) is 3.23 Å². The summed E-state index contributed by atoms with van der Waals surface area (Å²) < 4.78 is 1.92. The monoisotopic (exact) mass is 704 g/mol. The van der Waals surface area contributed by atoms with Gasteiger partial charge in [-0.1, -0.05) is 114 Å². The summed E-state index contributed by atoms with van der Waals surface area (Å²) in [5, 5.41) is 0. The van der Waals surface area contributed by atoms with Crippen LogP contribution in [0.5, 0.6) is 0 Å². The molecular formula is C16H10Br6N2. The van der Waals surface area contributed by atoms with Crippen LogP contribution in [0.1, 0.15) is 17.2 Å². The van der Waals surface area contributed by atoms with Crippen LogP contribution in [0, 0.1) is 0 Å². The molecule has 0 spiro atoms. The molecule has 2 aromatic rings. The van der Waals surface area contributed by atoms with Crippen LogP contribution >= 0.6 is 95.6 Å². The molecule has 126 valence electrons. The Hall–Kier alpha value is 0.790. The SMILES string of the molecule is BrC1=CC(Br)(C(Br)(Br)c2ccccc2Br)C(c2cnc[nH]2)C(Br)=C1. The molecule has 0 amide bonds. The summed E-state index contributed by atoms with van der Waals surface area (Å²) in [5.74, 6) is -0.0212. The maximum Gasteiger partial charge on any atom is 0.126 e. The van der Waals surface area contributed by atoms with Crippen molar-refractivity contribution in [2.75, 3.05) is 0 Å². The van der Waals surface area contributed by atoms with Crippen molar-refractivity contribution >= 4 is 95.6 Å². The Morgan fingerprint density at radius 2 is 1.83 bits per heavy atom. The molecule has 0 aliphatic heterocycles. The van der Waals surface area contributed by atoms with E-state index in [0.29, 0.717) is 0 Å². The lowest BCUT2D eigenvalue weighted by Crippen LogP contribution is -2.43.